The molecule has 2 N–H and O–H groups in total. The molecule has 31 heavy (non-hydrogen) atoms. The lowest BCUT2D eigenvalue weighted by molar-refractivity contribution is 0.150. The van der Waals surface area contributed by atoms with Crippen molar-refractivity contribution in [1.29, 1.82) is 0 Å². The normalized spacial score (nSPS) is 20.4. The van der Waals surface area contributed by atoms with Crippen molar-refractivity contribution in [2.75, 3.05) is 39.9 Å². The molecule has 2 fully saturated rings. The fraction of sp³-hybridized carbons (Fsp3) is 0.565. The zero-order valence-corrected chi connectivity index (χ0v) is 20.7. The Morgan fingerprint density at radius 1 is 1.19 bits per heavy atom. The number of benzene rings is 1. The molecule has 1 aromatic carbocycles. The lowest BCUT2D eigenvalue weighted by Gasteiger charge is -2.34. The van der Waals surface area contributed by atoms with Gasteiger partial charge in [-0.3, -0.25) is 4.99 Å². The minimum absolute atomic E-state index is 0. The first kappa shape index (κ1) is 24.0. The van der Waals surface area contributed by atoms with Gasteiger partial charge in [-0.2, -0.15) is 0 Å². The summed E-state index contributed by atoms with van der Waals surface area (Å²) in [7, 11) is 1.83. The van der Waals surface area contributed by atoms with Gasteiger partial charge in [-0.15, -0.1) is 24.0 Å². The van der Waals surface area contributed by atoms with Gasteiger partial charge in [0.25, 0.3) is 0 Å². The smallest absolute Gasteiger partial charge is 0.191 e. The molecule has 1 unspecified atom stereocenters. The van der Waals surface area contributed by atoms with Crippen LogP contribution in [0.25, 0.3) is 0 Å². The summed E-state index contributed by atoms with van der Waals surface area (Å²) in [5.41, 5.74) is 1.27. The Labute approximate surface area is 202 Å². The Bertz CT molecular complexity index is 797. The van der Waals surface area contributed by atoms with Crippen LogP contribution in [0.15, 0.2) is 47.7 Å². The molecule has 0 amide bonds. The number of likely N-dealkylation sites (tertiary alicyclic amines) is 1. The highest BCUT2D eigenvalue weighted by Crippen LogP contribution is 2.17. The minimum atomic E-state index is 0. The average Bonchev–Trinajstić information content (AvgIpc) is 3.45. The fourth-order valence-electron chi connectivity index (χ4n) is 4.33. The molecular formula is C23H35IN6O. The van der Waals surface area contributed by atoms with E-state index in [0.717, 1.165) is 63.4 Å². The molecule has 4 rings (SSSR count). The summed E-state index contributed by atoms with van der Waals surface area (Å²) in [6.07, 6.45) is 7.41. The molecule has 0 spiro atoms. The van der Waals surface area contributed by atoms with E-state index < -0.39 is 0 Å². The Morgan fingerprint density at radius 3 is 2.71 bits per heavy atom. The van der Waals surface area contributed by atoms with E-state index in [0.29, 0.717) is 12.6 Å². The van der Waals surface area contributed by atoms with Crippen molar-refractivity contribution in [2.24, 2.45) is 10.9 Å². The van der Waals surface area contributed by atoms with E-state index in [-0.39, 0.29) is 24.0 Å². The Hall–Kier alpha value is -1.65. The maximum Gasteiger partial charge on any atom is 0.191 e. The van der Waals surface area contributed by atoms with Gasteiger partial charge in [0, 0.05) is 58.3 Å². The first-order chi connectivity index (χ1) is 14.8. The summed E-state index contributed by atoms with van der Waals surface area (Å²) in [6, 6.07) is 10.9. The highest BCUT2D eigenvalue weighted by Gasteiger charge is 2.24. The van der Waals surface area contributed by atoms with Crippen LogP contribution in [0.2, 0.25) is 0 Å². The molecule has 3 heterocycles. The van der Waals surface area contributed by atoms with Crippen LogP contribution >= 0.6 is 24.0 Å². The summed E-state index contributed by atoms with van der Waals surface area (Å²) in [5, 5.41) is 7.04. The molecule has 0 bridgehead atoms. The molecule has 7 nitrogen and oxygen atoms in total. The van der Waals surface area contributed by atoms with E-state index in [1.807, 2.05) is 25.5 Å². The SMILES string of the molecule is CN=C(NCc1nccn1Cc1ccccc1)NC1CCN(CC2CCOC2)CC1.I. The molecule has 2 aliphatic rings. The monoisotopic (exact) mass is 538 g/mol. The lowest BCUT2D eigenvalue weighted by Crippen LogP contribution is -2.49. The third kappa shape index (κ3) is 7.18. The molecule has 1 aromatic heterocycles. The Kier molecular flexibility index (Phi) is 9.60. The molecular weight excluding hydrogens is 503 g/mol. The van der Waals surface area contributed by atoms with Crippen molar-refractivity contribution in [3.63, 3.8) is 0 Å². The van der Waals surface area contributed by atoms with Crippen molar-refractivity contribution in [2.45, 2.75) is 38.4 Å². The molecule has 0 radical (unpaired) electrons. The van der Waals surface area contributed by atoms with Crippen LogP contribution in [0.5, 0.6) is 0 Å². The number of piperidine rings is 1. The van der Waals surface area contributed by atoms with Crippen LogP contribution in [0.4, 0.5) is 0 Å². The van der Waals surface area contributed by atoms with Gasteiger partial charge in [0.05, 0.1) is 13.2 Å². The van der Waals surface area contributed by atoms with Crippen LogP contribution in [0, 0.1) is 5.92 Å². The quantitative estimate of drug-likeness (QED) is 0.323. The molecule has 170 valence electrons. The summed E-state index contributed by atoms with van der Waals surface area (Å²) in [5.74, 6) is 2.59. The first-order valence-electron chi connectivity index (χ1n) is 11.1. The molecule has 2 aromatic rings. The fourth-order valence-corrected chi connectivity index (χ4v) is 4.33. The van der Waals surface area contributed by atoms with Gasteiger partial charge in [-0.25, -0.2) is 4.98 Å². The third-order valence-corrected chi connectivity index (χ3v) is 6.10. The van der Waals surface area contributed by atoms with E-state index in [1.165, 1.54) is 18.5 Å². The molecule has 2 saturated heterocycles. The lowest BCUT2D eigenvalue weighted by atomic mass is 10.0. The van der Waals surface area contributed by atoms with E-state index in [4.69, 9.17) is 4.74 Å². The first-order valence-corrected chi connectivity index (χ1v) is 11.1. The summed E-state index contributed by atoms with van der Waals surface area (Å²) < 4.78 is 7.70. The van der Waals surface area contributed by atoms with Crippen molar-refractivity contribution in [3.8, 4) is 0 Å². The number of halogens is 1. The molecule has 0 saturated carbocycles. The van der Waals surface area contributed by atoms with Crippen molar-refractivity contribution < 1.29 is 4.74 Å². The largest absolute Gasteiger partial charge is 0.381 e. The van der Waals surface area contributed by atoms with Crippen LogP contribution in [0.1, 0.15) is 30.7 Å². The van der Waals surface area contributed by atoms with Crippen LogP contribution < -0.4 is 10.6 Å². The zero-order valence-electron chi connectivity index (χ0n) is 18.4. The number of aromatic nitrogens is 2. The van der Waals surface area contributed by atoms with Gasteiger partial charge in [0.15, 0.2) is 5.96 Å². The van der Waals surface area contributed by atoms with Gasteiger partial charge in [-0.1, -0.05) is 30.3 Å². The molecule has 2 aliphatic heterocycles. The molecule has 0 aliphatic carbocycles. The molecule has 8 heteroatoms. The Balaban J connectivity index is 0.00000272. The van der Waals surface area contributed by atoms with Gasteiger partial charge in [-0.05, 0) is 30.7 Å². The number of guanidine groups is 1. The molecule has 1 atom stereocenters. The number of rotatable bonds is 7. The zero-order chi connectivity index (χ0) is 20.6. The minimum Gasteiger partial charge on any atom is -0.381 e. The predicted molar refractivity (Wildman–Crippen MR) is 135 cm³/mol. The number of nitrogens with one attached hydrogen (secondary N) is 2. The van der Waals surface area contributed by atoms with Crippen molar-refractivity contribution in [3.05, 3.63) is 54.1 Å². The topological polar surface area (TPSA) is 66.7 Å². The van der Waals surface area contributed by atoms with Gasteiger partial charge in [0.1, 0.15) is 5.82 Å². The van der Waals surface area contributed by atoms with Crippen molar-refractivity contribution in [1.82, 2.24) is 25.1 Å². The van der Waals surface area contributed by atoms with Gasteiger partial charge < -0.3 is 24.8 Å². The highest BCUT2D eigenvalue weighted by atomic mass is 127. The summed E-state index contributed by atoms with van der Waals surface area (Å²) in [4.78, 5) is 11.5. The Morgan fingerprint density at radius 2 is 2.00 bits per heavy atom. The summed E-state index contributed by atoms with van der Waals surface area (Å²) in [6.45, 7) is 6.83. The number of hydrogen-bond acceptors (Lipinski definition) is 4. The number of nitrogens with zero attached hydrogens (tertiary/aromatic N) is 4. The summed E-state index contributed by atoms with van der Waals surface area (Å²) >= 11 is 0. The van der Waals surface area contributed by atoms with E-state index in [1.54, 1.807) is 0 Å². The number of hydrogen-bond donors (Lipinski definition) is 2. The second-order valence-corrected chi connectivity index (χ2v) is 8.33. The number of imidazole rings is 1. The maximum absolute atomic E-state index is 5.52. The third-order valence-electron chi connectivity index (χ3n) is 6.10. The second kappa shape index (κ2) is 12.4. The number of ether oxygens (including phenoxy) is 1. The van der Waals surface area contributed by atoms with Crippen LogP contribution in [-0.2, 0) is 17.8 Å². The number of aliphatic imine (C=N–C) groups is 1. The van der Waals surface area contributed by atoms with E-state index in [9.17, 15) is 0 Å². The van der Waals surface area contributed by atoms with E-state index in [2.05, 4.69) is 54.3 Å². The van der Waals surface area contributed by atoms with Gasteiger partial charge in [0.2, 0.25) is 0 Å². The predicted octanol–water partition coefficient (Wildman–Crippen LogP) is 2.72. The highest BCUT2D eigenvalue weighted by molar-refractivity contribution is 14.0. The van der Waals surface area contributed by atoms with Crippen LogP contribution in [0.3, 0.4) is 0 Å². The van der Waals surface area contributed by atoms with E-state index >= 15 is 0 Å². The standard InChI is InChI=1S/C23H34N6O.HI/c1-24-23(27-21-7-11-28(12-8-21)16-20-9-14-30-18-20)26-15-22-25-10-13-29(22)17-19-5-3-2-4-6-19;/h2-6,10,13,20-21H,7-9,11-12,14-18H2,1H3,(H2,24,26,27);1H. The maximum atomic E-state index is 5.52. The van der Waals surface area contributed by atoms with Gasteiger partial charge >= 0.3 is 0 Å². The second-order valence-electron chi connectivity index (χ2n) is 8.33. The van der Waals surface area contributed by atoms with Crippen molar-refractivity contribution >= 4 is 29.9 Å². The average molecular weight is 538 g/mol. The van der Waals surface area contributed by atoms with Crippen LogP contribution in [-0.4, -0.2) is 66.3 Å².